The SMILES string of the molecule is O=C(Cn1c(SC(F)F)nc2ccccc21)Nn1cnc2ccccc21. The molecule has 0 aliphatic heterocycles. The number of thioether (sulfide) groups is 1. The van der Waals surface area contributed by atoms with Crippen molar-refractivity contribution in [2.75, 3.05) is 5.43 Å². The second kappa shape index (κ2) is 6.75. The summed E-state index contributed by atoms with van der Waals surface area (Å²) in [6, 6.07) is 14.4. The normalized spacial score (nSPS) is 11.5. The van der Waals surface area contributed by atoms with Crippen molar-refractivity contribution in [3.63, 3.8) is 0 Å². The van der Waals surface area contributed by atoms with E-state index in [4.69, 9.17) is 0 Å². The summed E-state index contributed by atoms with van der Waals surface area (Å²) in [5.74, 6) is -2.99. The smallest absolute Gasteiger partial charge is 0.291 e. The van der Waals surface area contributed by atoms with Gasteiger partial charge in [-0.25, -0.2) is 14.6 Å². The van der Waals surface area contributed by atoms with Crippen LogP contribution >= 0.6 is 11.8 Å². The number of carbonyl (C=O) groups is 1. The number of halogens is 2. The average Bonchev–Trinajstić information content (AvgIpc) is 3.17. The first-order chi connectivity index (χ1) is 12.6. The Hall–Kier alpha value is -2.94. The van der Waals surface area contributed by atoms with Gasteiger partial charge < -0.3 is 4.57 Å². The van der Waals surface area contributed by atoms with Crippen LogP contribution in [0.1, 0.15) is 0 Å². The third-order valence-electron chi connectivity index (χ3n) is 3.81. The highest BCUT2D eigenvalue weighted by molar-refractivity contribution is 7.99. The van der Waals surface area contributed by atoms with Gasteiger partial charge in [-0.2, -0.15) is 8.78 Å². The molecule has 6 nitrogen and oxygen atoms in total. The van der Waals surface area contributed by atoms with E-state index in [2.05, 4.69) is 15.4 Å². The monoisotopic (exact) mass is 373 g/mol. The van der Waals surface area contributed by atoms with Crippen molar-refractivity contribution in [1.29, 1.82) is 0 Å². The first-order valence-electron chi connectivity index (χ1n) is 7.74. The molecule has 26 heavy (non-hydrogen) atoms. The molecule has 2 heterocycles. The first-order valence-corrected chi connectivity index (χ1v) is 8.62. The first kappa shape index (κ1) is 16.5. The highest BCUT2D eigenvalue weighted by Crippen LogP contribution is 2.28. The quantitative estimate of drug-likeness (QED) is 0.544. The molecule has 0 atom stereocenters. The molecule has 0 aliphatic carbocycles. The molecule has 0 bridgehead atoms. The Morgan fingerprint density at radius 1 is 1.08 bits per heavy atom. The van der Waals surface area contributed by atoms with E-state index in [1.807, 2.05) is 24.3 Å². The molecular formula is C17H13F2N5OS. The lowest BCUT2D eigenvalue weighted by Crippen LogP contribution is -2.26. The van der Waals surface area contributed by atoms with Crippen LogP contribution in [0.2, 0.25) is 0 Å². The van der Waals surface area contributed by atoms with Gasteiger partial charge in [0.1, 0.15) is 12.9 Å². The lowest BCUT2D eigenvalue weighted by Gasteiger charge is -2.10. The molecule has 0 aliphatic rings. The largest absolute Gasteiger partial charge is 0.309 e. The highest BCUT2D eigenvalue weighted by atomic mass is 32.2. The summed E-state index contributed by atoms with van der Waals surface area (Å²) in [5, 5.41) is 0.104. The lowest BCUT2D eigenvalue weighted by molar-refractivity contribution is -0.117. The fourth-order valence-electron chi connectivity index (χ4n) is 2.74. The Morgan fingerprint density at radius 3 is 2.54 bits per heavy atom. The molecule has 0 saturated carbocycles. The van der Waals surface area contributed by atoms with Gasteiger partial charge in [-0.15, -0.1) is 0 Å². The maximum atomic E-state index is 12.8. The molecular weight excluding hydrogens is 360 g/mol. The fraction of sp³-hybridized carbons (Fsp3) is 0.118. The molecule has 132 valence electrons. The van der Waals surface area contributed by atoms with E-state index in [-0.39, 0.29) is 17.6 Å². The van der Waals surface area contributed by atoms with Crippen LogP contribution in [-0.4, -0.2) is 30.9 Å². The Kier molecular flexibility index (Phi) is 4.29. The topological polar surface area (TPSA) is 64.7 Å². The number of benzene rings is 2. The van der Waals surface area contributed by atoms with Crippen LogP contribution in [0.3, 0.4) is 0 Å². The number of hydrogen-bond acceptors (Lipinski definition) is 4. The second-order valence-corrected chi connectivity index (χ2v) is 6.44. The number of fused-ring (bicyclic) bond motifs is 2. The van der Waals surface area contributed by atoms with Crippen LogP contribution in [0, 0.1) is 0 Å². The minimum Gasteiger partial charge on any atom is -0.309 e. The van der Waals surface area contributed by atoms with Crippen molar-refractivity contribution in [1.82, 2.24) is 19.2 Å². The van der Waals surface area contributed by atoms with Crippen LogP contribution in [0.5, 0.6) is 0 Å². The zero-order chi connectivity index (χ0) is 18.1. The predicted molar refractivity (Wildman–Crippen MR) is 95.7 cm³/mol. The zero-order valence-electron chi connectivity index (χ0n) is 13.3. The van der Waals surface area contributed by atoms with Gasteiger partial charge in [-0.05, 0) is 36.0 Å². The standard InChI is InChI=1S/C17H13F2N5OS/c18-16(19)26-17-21-12-6-2-3-7-13(12)23(17)9-15(25)22-24-10-20-11-5-1-4-8-14(11)24/h1-8,10,16H,9H2,(H,22,25). The summed E-state index contributed by atoms with van der Waals surface area (Å²) in [5.41, 5.74) is 5.40. The van der Waals surface area contributed by atoms with E-state index in [0.717, 1.165) is 11.0 Å². The Morgan fingerprint density at radius 2 is 1.77 bits per heavy atom. The third kappa shape index (κ3) is 3.13. The highest BCUT2D eigenvalue weighted by Gasteiger charge is 2.18. The van der Waals surface area contributed by atoms with Gasteiger partial charge in [-0.1, -0.05) is 24.3 Å². The summed E-state index contributed by atoms with van der Waals surface area (Å²) < 4.78 is 28.7. The van der Waals surface area contributed by atoms with Gasteiger partial charge in [0.15, 0.2) is 5.16 Å². The molecule has 1 N–H and O–H groups in total. The summed E-state index contributed by atoms with van der Waals surface area (Å²) in [4.78, 5) is 20.9. The number of carbonyl (C=O) groups excluding carboxylic acids is 1. The minimum absolute atomic E-state index is 0.104. The molecule has 9 heteroatoms. The van der Waals surface area contributed by atoms with Crippen LogP contribution in [-0.2, 0) is 11.3 Å². The molecule has 0 saturated heterocycles. The maximum Gasteiger partial charge on any atom is 0.291 e. The number of nitrogens with zero attached hydrogens (tertiary/aromatic N) is 4. The van der Waals surface area contributed by atoms with E-state index >= 15 is 0 Å². The van der Waals surface area contributed by atoms with E-state index in [0.29, 0.717) is 22.8 Å². The van der Waals surface area contributed by atoms with Crippen molar-refractivity contribution in [3.05, 3.63) is 54.9 Å². The summed E-state index contributed by atoms with van der Waals surface area (Å²) in [7, 11) is 0. The Bertz CT molecular complexity index is 1090. The second-order valence-electron chi connectivity index (χ2n) is 5.49. The van der Waals surface area contributed by atoms with Crippen molar-refractivity contribution < 1.29 is 13.6 Å². The molecule has 4 rings (SSSR count). The molecule has 1 amide bonds. The number of alkyl halides is 2. The Balaban J connectivity index is 1.63. The Labute approximate surface area is 150 Å². The number of imidazole rings is 2. The van der Waals surface area contributed by atoms with E-state index in [9.17, 15) is 13.6 Å². The maximum absolute atomic E-state index is 12.8. The van der Waals surface area contributed by atoms with Crippen LogP contribution in [0.4, 0.5) is 8.78 Å². The number of aromatic nitrogens is 4. The zero-order valence-corrected chi connectivity index (χ0v) is 14.2. The summed E-state index contributed by atoms with van der Waals surface area (Å²) in [6.45, 7) is -0.137. The van der Waals surface area contributed by atoms with Crippen LogP contribution < -0.4 is 5.43 Å². The van der Waals surface area contributed by atoms with Crippen molar-refractivity contribution in [2.24, 2.45) is 0 Å². The number of rotatable bonds is 5. The van der Waals surface area contributed by atoms with Crippen molar-refractivity contribution in [3.8, 4) is 0 Å². The molecule has 0 spiro atoms. The number of hydrogen-bond donors (Lipinski definition) is 1. The number of para-hydroxylation sites is 4. The van der Waals surface area contributed by atoms with Crippen molar-refractivity contribution >= 4 is 39.7 Å². The molecule has 4 aromatic rings. The van der Waals surface area contributed by atoms with Gasteiger partial charge in [0.05, 0.1) is 22.1 Å². The van der Waals surface area contributed by atoms with Crippen LogP contribution in [0.15, 0.2) is 60.0 Å². The minimum atomic E-state index is -2.62. The van der Waals surface area contributed by atoms with Gasteiger partial charge >= 0.3 is 0 Å². The van der Waals surface area contributed by atoms with Gasteiger partial charge in [0.25, 0.3) is 11.7 Å². The summed E-state index contributed by atoms with van der Waals surface area (Å²) in [6.07, 6.45) is 1.50. The molecule has 2 aromatic heterocycles. The third-order valence-corrected chi connectivity index (χ3v) is 4.52. The number of amides is 1. The van der Waals surface area contributed by atoms with Gasteiger partial charge in [0, 0.05) is 0 Å². The molecule has 0 radical (unpaired) electrons. The molecule has 0 unspecified atom stereocenters. The van der Waals surface area contributed by atoms with Crippen LogP contribution in [0.25, 0.3) is 22.1 Å². The van der Waals surface area contributed by atoms with Gasteiger partial charge in [-0.3, -0.25) is 10.2 Å². The lowest BCUT2D eigenvalue weighted by atomic mass is 10.3. The molecule has 2 aromatic carbocycles. The van der Waals surface area contributed by atoms with E-state index < -0.39 is 5.76 Å². The molecule has 0 fully saturated rings. The predicted octanol–water partition coefficient (Wildman–Crippen LogP) is 3.47. The van der Waals surface area contributed by atoms with Gasteiger partial charge in [0.2, 0.25) is 0 Å². The van der Waals surface area contributed by atoms with Crippen molar-refractivity contribution in [2.45, 2.75) is 17.5 Å². The average molecular weight is 373 g/mol. The van der Waals surface area contributed by atoms with E-state index in [1.54, 1.807) is 24.3 Å². The van der Waals surface area contributed by atoms with E-state index in [1.165, 1.54) is 15.6 Å². The fourth-order valence-corrected chi connectivity index (χ4v) is 3.34. The summed E-state index contributed by atoms with van der Waals surface area (Å²) >= 11 is 0.323. The number of nitrogens with one attached hydrogen (secondary N) is 1.